The van der Waals surface area contributed by atoms with Crippen molar-refractivity contribution in [3.05, 3.63) is 47.5 Å². The maximum Gasteiger partial charge on any atom is 0.229 e. The van der Waals surface area contributed by atoms with Crippen LogP contribution in [-0.2, 0) is 11.2 Å². The van der Waals surface area contributed by atoms with E-state index < -0.39 is 48.7 Å². The van der Waals surface area contributed by atoms with Crippen LogP contribution in [0.15, 0.2) is 36.4 Å². The van der Waals surface area contributed by atoms with Crippen LogP contribution < -0.4 is 18.9 Å². The van der Waals surface area contributed by atoms with E-state index in [-0.39, 0.29) is 35.8 Å². The second-order valence-electron chi connectivity index (χ2n) is 8.49. The van der Waals surface area contributed by atoms with Gasteiger partial charge >= 0.3 is 0 Å². The molecule has 11 nitrogen and oxygen atoms in total. The summed E-state index contributed by atoms with van der Waals surface area (Å²) in [5, 5.41) is 51.2. The first-order chi connectivity index (χ1) is 16.7. The third-order valence-electron chi connectivity index (χ3n) is 6.14. The van der Waals surface area contributed by atoms with E-state index in [4.69, 9.17) is 23.7 Å². The van der Waals surface area contributed by atoms with E-state index in [0.717, 1.165) is 0 Å². The first-order valence-electron chi connectivity index (χ1n) is 10.9. The molecule has 2 aliphatic rings. The number of rotatable bonds is 7. The van der Waals surface area contributed by atoms with E-state index in [1.54, 1.807) is 24.3 Å². The van der Waals surface area contributed by atoms with E-state index in [1.165, 1.54) is 26.4 Å². The lowest BCUT2D eigenvalue weighted by molar-refractivity contribution is -0.277. The van der Waals surface area contributed by atoms with Gasteiger partial charge in [0.25, 0.3) is 0 Å². The van der Waals surface area contributed by atoms with Gasteiger partial charge in [0, 0.05) is 18.6 Å². The Labute approximate surface area is 201 Å². The molecule has 0 saturated carbocycles. The molecule has 5 N–H and O–H groups in total. The first-order valence-corrected chi connectivity index (χ1v) is 10.9. The number of benzene rings is 2. The molecule has 2 heterocycles. The highest BCUT2D eigenvalue weighted by molar-refractivity contribution is 6.08. The van der Waals surface area contributed by atoms with Crippen LogP contribution >= 0.6 is 0 Å². The Hall–Kier alpha value is -2.93. The number of ether oxygens (including phenoxy) is 5. The van der Waals surface area contributed by atoms with Crippen LogP contribution in [-0.4, -0.2) is 95.1 Å². The van der Waals surface area contributed by atoms with Crippen LogP contribution in [0, 0.1) is 0 Å². The normalized spacial score (nSPS) is 30.3. The molecule has 1 saturated heterocycles. The molecule has 0 aromatic heterocycles. The number of aliphatic hydroxyl groups is 5. The molecule has 35 heavy (non-hydrogen) atoms. The molecule has 190 valence electrons. The summed E-state index contributed by atoms with van der Waals surface area (Å²) in [6, 6.07) is 9.66. The molecular weight excluding hydrogens is 464 g/mol. The van der Waals surface area contributed by atoms with Crippen molar-refractivity contribution in [2.24, 2.45) is 0 Å². The van der Waals surface area contributed by atoms with Crippen molar-refractivity contribution < 1.29 is 54.0 Å². The highest BCUT2D eigenvalue weighted by Gasteiger charge is 2.47. The lowest BCUT2D eigenvalue weighted by atomic mass is 9.85. The summed E-state index contributed by atoms with van der Waals surface area (Å²) in [5.74, 6) is 0.156. The number of aliphatic hydroxyl groups excluding tert-OH is 4. The van der Waals surface area contributed by atoms with Crippen LogP contribution in [0.2, 0.25) is 0 Å². The predicted octanol–water partition coefficient (Wildman–Crippen LogP) is -0.569. The molecule has 2 aromatic rings. The van der Waals surface area contributed by atoms with E-state index in [2.05, 4.69) is 0 Å². The third-order valence-corrected chi connectivity index (χ3v) is 6.14. The molecule has 11 heteroatoms. The number of fused-ring (bicyclic) bond motifs is 1. The quantitative estimate of drug-likeness (QED) is 0.336. The minimum Gasteiger partial charge on any atom is -0.497 e. The SMILES string of the molecule is COc1ccc(C[C@@]2(O)COc3cc(OC)cc(O[C@@H]4O[C@@H](CO)[C@H](O)[C@H](O)[C@@H]4O)c3C2=O)cc1. The Balaban J connectivity index is 1.66. The second-order valence-corrected chi connectivity index (χ2v) is 8.49. The highest BCUT2D eigenvalue weighted by Crippen LogP contribution is 2.42. The minimum absolute atomic E-state index is 0.0548. The van der Waals surface area contributed by atoms with Gasteiger partial charge in [0.2, 0.25) is 12.1 Å². The molecule has 4 rings (SSSR count). The first kappa shape index (κ1) is 25.2. The molecular formula is C24H28O11. The Kier molecular flexibility index (Phi) is 7.17. The van der Waals surface area contributed by atoms with Gasteiger partial charge in [0.05, 0.1) is 20.8 Å². The number of ketones is 1. The van der Waals surface area contributed by atoms with E-state index >= 15 is 0 Å². The average Bonchev–Trinajstić information content (AvgIpc) is 2.87. The van der Waals surface area contributed by atoms with Gasteiger partial charge in [-0.25, -0.2) is 0 Å². The van der Waals surface area contributed by atoms with Gasteiger partial charge in [-0.2, -0.15) is 0 Å². The monoisotopic (exact) mass is 492 g/mol. The molecule has 6 atom stereocenters. The molecule has 0 unspecified atom stereocenters. The van der Waals surface area contributed by atoms with Gasteiger partial charge in [-0.1, -0.05) is 12.1 Å². The molecule has 2 aromatic carbocycles. The van der Waals surface area contributed by atoms with Crippen LogP contribution in [0.5, 0.6) is 23.0 Å². The Morgan fingerprint density at radius 2 is 1.69 bits per heavy atom. The fourth-order valence-electron chi connectivity index (χ4n) is 4.11. The zero-order chi connectivity index (χ0) is 25.3. The molecule has 0 aliphatic carbocycles. The number of methoxy groups -OCH3 is 2. The summed E-state index contributed by atoms with van der Waals surface area (Å²) in [6.45, 7) is -0.970. The predicted molar refractivity (Wildman–Crippen MR) is 119 cm³/mol. The molecule has 1 fully saturated rings. The Morgan fingerprint density at radius 1 is 1.00 bits per heavy atom. The lowest BCUT2D eigenvalue weighted by Crippen LogP contribution is -2.60. The molecule has 0 amide bonds. The van der Waals surface area contributed by atoms with Gasteiger partial charge in [-0.3, -0.25) is 4.79 Å². The van der Waals surface area contributed by atoms with Crippen LogP contribution in [0.25, 0.3) is 0 Å². The summed E-state index contributed by atoms with van der Waals surface area (Å²) in [5.41, 5.74) is -1.37. The molecule has 2 aliphatic heterocycles. The van der Waals surface area contributed by atoms with Crippen molar-refractivity contribution in [1.82, 2.24) is 0 Å². The summed E-state index contributed by atoms with van der Waals surface area (Å²) in [6.07, 6.45) is -7.77. The average molecular weight is 492 g/mol. The minimum atomic E-state index is -1.93. The van der Waals surface area contributed by atoms with E-state index in [0.29, 0.717) is 11.3 Å². The molecule has 0 spiro atoms. The fraction of sp³-hybridized carbons (Fsp3) is 0.458. The summed E-state index contributed by atoms with van der Waals surface area (Å²) >= 11 is 0. The number of carbonyl (C=O) groups excluding carboxylic acids is 1. The molecule has 0 bridgehead atoms. The standard InChI is InChI=1S/C24H28O11/c1-31-13-5-3-12(4-6-13)9-24(30)11-33-15-7-14(32-2)8-16(18(15)22(24)29)34-23-21(28)20(27)19(26)17(10-25)35-23/h3-8,17,19-21,23,25-28,30H,9-11H2,1-2H3/t17-,19-,20-,21-,23+,24+/m0/s1. The zero-order valence-electron chi connectivity index (χ0n) is 19.2. The van der Waals surface area contributed by atoms with Gasteiger partial charge in [0.1, 0.15) is 59.6 Å². The van der Waals surface area contributed by atoms with Crippen molar-refractivity contribution in [2.45, 2.75) is 42.7 Å². The number of hydrogen-bond acceptors (Lipinski definition) is 11. The second kappa shape index (κ2) is 9.97. The number of carbonyl (C=O) groups is 1. The molecule has 0 radical (unpaired) electrons. The summed E-state index contributed by atoms with van der Waals surface area (Å²) in [7, 11) is 2.92. The fourth-order valence-corrected chi connectivity index (χ4v) is 4.11. The van der Waals surface area contributed by atoms with E-state index in [1.807, 2.05) is 0 Å². The lowest BCUT2D eigenvalue weighted by Gasteiger charge is -2.40. The smallest absolute Gasteiger partial charge is 0.229 e. The van der Waals surface area contributed by atoms with Gasteiger partial charge in [-0.15, -0.1) is 0 Å². The topological polar surface area (TPSA) is 164 Å². The Morgan fingerprint density at radius 3 is 2.31 bits per heavy atom. The third kappa shape index (κ3) is 4.79. The van der Waals surface area contributed by atoms with Crippen LogP contribution in [0.3, 0.4) is 0 Å². The van der Waals surface area contributed by atoms with Crippen molar-refractivity contribution in [3.63, 3.8) is 0 Å². The van der Waals surface area contributed by atoms with Gasteiger partial charge < -0.3 is 49.2 Å². The van der Waals surface area contributed by atoms with Crippen molar-refractivity contribution >= 4 is 5.78 Å². The number of hydrogen-bond donors (Lipinski definition) is 5. The van der Waals surface area contributed by atoms with Gasteiger partial charge in [-0.05, 0) is 17.7 Å². The summed E-state index contributed by atoms with van der Waals surface area (Å²) in [4.78, 5) is 13.5. The summed E-state index contributed by atoms with van der Waals surface area (Å²) < 4.78 is 27.2. The van der Waals surface area contributed by atoms with Crippen LogP contribution in [0.1, 0.15) is 15.9 Å². The maximum atomic E-state index is 13.5. The van der Waals surface area contributed by atoms with Crippen molar-refractivity contribution in [3.8, 4) is 23.0 Å². The van der Waals surface area contributed by atoms with Crippen LogP contribution in [0.4, 0.5) is 0 Å². The largest absolute Gasteiger partial charge is 0.497 e. The zero-order valence-corrected chi connectivity index (χ0v) is 19.2. The van der Waals surface area contributed by atoms with Gasteiger partial charge in [0.15, 0.2) is 5.60 Å². The van der Waals surface area contributed by atoms with Crippen molar-refractivity contribution in [1.29, 1.82) is 0 Å². The van der Waals surface area contributed by atoms with E-state index in [9.17, 15) is 30.3 Å². The highest BCUT2D eigenvalue weighted by atomic mass is 16.7. The Bertz CT molecular complexity index is 1050. The maximum absolute atomic E-state index is 13.5. The number of Topliss-reactive ketones (excluding diaryl/α,β-unsaturated/α-hetero) is 1. The van der Waals surface area contributed by atoms with Crippen molar-refractivity contribution in [2.75, 3.05) is 27.4 Å².